The summed E-state index contributed by atoms with van der Waals surface area (Å²) in [6.45, 7) is 2.00. The van der Waals surface area contributed by atoms with E-state index in [4.69, 9.17) is 0 Å². The second-order valence-electron chi connectivity index (χ2n) is 2.19. The van der Waals surface area contributed by atoms with Crippen LogP contribution >= 0.6 is 0 Å². The van der Waals surface area contributed by atoms with Gasteiger partial charge in [-0.05, 0) is 19.1 Å². The molecule has 3 heteroatoms. The number of fused-ring (bicyclic) bond motifs is 1. The molecule has 0 bridgehead atoms. The largest absolute Gasteiger partial charge is 0.235 e. The molecule has 0 aliphatic rings. The quantitative estimate of drug-likeness (QED) is 0.537. The van der Waals surface area contributed by atoms with E-state index in [0.717, 1.165) is 11.3 Å². The lowest BCUT2D eigenvalue weighted by Crippen LogP contribution is -1.92. The minimum absolute atomic E-state index is 0.903. The molecule has 0 saturated carbocycles. The first-order chi connectivity index (χ1) is 4.88. The lowest BCUT2D eigenvalue weighted by Gasteiger charge is -1.91. The van der Waals surface area contributed by atoms with Crippen LogP contribution in [0.3, 0.4) is 0 Å². The monoisotopic (exact) mass is 133 g/mol. The lowest BCUT2D eigenvalue weighted by atomic mass is 10.5. The Morgan fingerprint density at radius 2 is 2.20 bits per heavy atom. The molecule has 0 aliphatic heterocycles. The molecule has 0 aliphatic carbocycles. The molecule has 0 atom stereocenters. The van der Waals surface area contributed by atoms with Crippen molar-refractivity contribution in [2.75, 3.05) is 0 Å². The van der Waals surface area contributed by atoms with Crippen molar-refractivity contribution < 1.29 is 0 Å². The normalized spacial score (nSPS) is 10.5. The fourth-order valence-corrected chi connectivity index (χ4v) is 0.971. The minimum Gasteiger partial charge on any atom is -0.235 e. The Balaban J connectivity index is 2.93. The Bertz CT molecular complexity index is 350. The summed E-state index contributed by atoms with van der Waals surface area (Å²) in [5.74, 6) is 0. The van der Waals surface area contributed by atoms with Crippen LogP contribution in [-0.2, 0) is 0 Å². The van der Waals surface area contributed by atoms with Gasteiger partial charge >= 0.3 is 0 Å². The van der Waals surface area contributed by atoms with Gasteiger partial charge in [-0.25, -0.2) is 9.50 Å². The first kappa shape index (κ1) is 5.41. The molecule has 0 radical (unpaired) electrons. The number of hydrogen-bond acceptors (Lipinski definition) is 2. The number of aryl methyl sites for hydroxylation is 1. The first-order valence-corrected chi connectivity index (χ1v) is 3.13. The Kier molecular flexibility index (Phi) is 0.974. The highest BCUT2D eigenvalue weighted by Crippen LogP contribution is 2.01. The van der Waals surface area contributed by atoms with Crippen LogP contribution in [0.5, 0.6) is 0 Å². The third kappa shape index (κ3) is 0.603. The maximum atomic E-state index is 4.10. The Labute approximate surface area is 58.3 Å². The van der Waals surface area contributed by atoms with Crippen LogP contribution in [0.2, 0.25) is 0 Å². The van der Waals surface area contributed by atoms with Crippen molar-refractivity contribution in [1.29, 1.82) is 0 Å². The van der Waals surface area contributed by atoms with Crippen molar-refractivity contribution in [2.45, 2.75) is 6.92 Å². The van der Waals surface area contributed by atoms with Gasteiger partial charge in [0, 0.05) is 11.9 Å². The van der Waals surface area contributed by atoms with E-state index in [0.29, 0.717) is 0 Å². The van der Waals surface area contributed by atoms with Gasteiger partial charge in [-0.15, -0.1) is 0 Å². The third-order valence-electron chi connectivity index (χ3n) is 1.48. The summed E-state index contributed by atoms with van der Waals surface area (Å²) in [7, 11) is 0. The van der Waals surface area contributed by atoms with Gasteiger partial charge in [-0.2, -0.15) is 5.10 Å². The highest BCUT2D eigenvalue weighted by atomic mass is 15.2. The van der Waals surface area contributed by atoms with Crippen molar-refractivity contribution in [3.63, 3.8) is 0 Å². The molecular weight excluding hydrogens is 126 g/mol. The van der Waals surface area contributed by atoms with Gasteiger partial charge < -0.3 is 0 Å². The topological polar surface area (TPSA) is 30.2 Å². The van der Waals surface area contributed by atoms with Crippen LogP contribution in [-0.4, -0.2) is 14.6 Å². The number of nitrogens with zero attached hydrogens (tertiary/aromatic N) is 3. The second kappa shape index (κ2) is 1.80. The molecule has 3 nitrogen and oxygen atoms in total. The summed E-state index contributed by atoms with van der Waals surface area (Å²) in [5, 5.41) is 4.09. The highest BCUT2D eigenvalue weighted by Gasteiger charge is 1.94. The zero-order valence-corrected chi connectivity index (χ0v) is 5.65. The van der Waals surface area contributed by atoms with Crippen molar-refractivity contribution in [2.24, 2.45) is 0 Å². The Morgan fingerprint density at radius 3 is 3.00 bits per heavy atom. The lowest BCUT2D eigenvalue weighted by molar-refractivity contribution is 0.877. The molecule has 2 aromatic heterocycles. The predicted octanol–water partition coefficient (Wildman–Crippen LogP) is 1.04. The van der Waals surface area contributed by atoms with E-state index < -0.39 is 0 Å². The molecule has 2 aromatic rings. The van der Waals surface area contributed by atoms with Gasteiger partial charge in [-0.1, -0.05) is 0 Å². The molecule has 50 valence electrons. The highest BCUT2D eigenvalue weighted by molar-refractivity contribution is 5.38. The molecule has 0 unspecified atom stereocenters. The van der Waals surface area contributed by atoms with Gasteiger partial charge in [-0.3, -0.25) is 0 Å². The van der Waals surface area contributed by atoms with Crippen LogP contribution in [0.25, 0.3) is 5.65 Å². The number of aromatic nitrogens is 3. The van der Waals surface area contributed by atoms with Gasteiger partial charge in [0.1, 0.15) is 0 Å². The zero-order chi connectivity index (χ0) is 6.97. The fraction of sp³-hybridized carbons (Fsp3) is 0.143. The summed E-state index contributed by atoms with van der Waals surface area (Å²) < 4.78 is 1.81. The number of hydrogen-bond donors (Lipinski definition) is 0. The van der Waals surface area contributed by atoms with Crippen LogP contribution in [0.1, 0.15) is 5.69 Å². The standard InChI is InChI=1S/C7H7N3/c1-6-2-3-7-8-4-5-9-10(6)7/h2-5H,1H3. The predicted molar refractivity (Wildman–Crippen MR) is 37.7 cm³/mol. The summed E-state index contributed by atoms with van der Waals surface area (Å²) >= 11 is 0. The van der Waals surface area contributed by atoms with E-state index in [1.54, 1.807) is 16.9 Å². The molecule has 0 saturated heterocycles. The van der Waals surface area contributed by atoms with E-state index in [1.165, 1.54) is 0 Å². The average Bonchev–Trinajstić information content (AvgIpc) is 2.34. The molecule has 0 spiro atoms. The molecular formula is C7H7N3. The molecule has 0 amide bonds. The summed E-state index contributed by atoms with van der Waals surface area (Å²) in [6.07, 6.45) is 3.37. The van der Waals surface area contributed by atoms with Crippen LogP contribution in [0, 0.1) is 6.92 Å². The fourth-order valence-electron chi connectivity index (χ4n) is 0.971. The van der Waals surface area contributed by atoms with Gasteiger partial charge in [0.25, 0.3) is 0 Å². The van der Waals surface area contributed by atoms with Crippen LogP contribution in [0.4, 0.5) is 0 Å². The molecule has 0 aromatic carbocycles. The van der Waals surface area contributed by atoms with E-state index in [2.05, 4.69) is 10.1 Å². The minimum atomic E-state index is 0.903. The van der Waals surface area contributed by atoms with E-state index in [-0.39, 0.29) is 0 Å². The van der Waals surface area contributed by atoms with Crippen LogP contribution in [0.15, 0.2) is 24.5 Å². The average molecular weight is 133 g/mol. The van der Waals surface area contributed by atoms with E-state index >= 15 is 0 Å². The number of rotatable bonds is 0. The van der Waals surface area contributed by atoms with Crippen molar-refractivity contribution in [3.05, 3.63) is 30.2 Å². The second-order valence-corrected chi connectivity index (χ2v) is 2.19. The smallest absolute Gasteiger partial charge is 0.153 e. The molecule has 2 heterocycles. The maximum Gasteiger partial charge on any atom is 0.153 e. The summed E-state index contributed by atoms with van der Waals surface area (Å²) in [5.41, 5.74) is 2.02. The maximum absolute atomic E-state index is 4.10. The third-order valence-corrected chi connectivity index (χ3v) is 1.48. The summed E-state index contributed by atoms with van der Waals surface area (Å²) in [6, 6.07) is 3.94. The zero-order valence-electron chi connectivity index (χ0n) is 5.65. The van der Waals surface area contributed by atoms with Crippen molar-refractivity contribution in [3.8, 4) is 0 Å². The van der Waals surface area contributed by atoms with Gasteiger partial charge in [0.05, 0.1) is 6.20 Å². The first-order valence-electron chi connectivity index (χ1n) is 3.13. The van der Waals surface area contributed by atoms with Crippen LogP contribution < -0.4 is 0 Å². The van der Waals surface area contributed by atoms with E-state index in [9.17, 15) is 0 Å². The van der Waals surface area contributed by atoms with E-state index in [1.807, 2.05) is 19.1 Å². The summed E-state index contributed by atoms with van der Waals surface area (Å²) in [4.78, 5) is 4.10. The SMILES string of the molecule is Cc1ccc2nccnn12. The Hall–Kier alpha value is -1.38. The Morgan fingerprint density at radius 1 is 1.30 bits per heavy atom. The molecule has 10 heavy (non-hydrogen) atoms. The molecule has 0 fully saturated rings. The molecule has 2 rings (SSSR count). The van der Waals surface area contributed by atoms with Crippen molar-refractivity contribution in [1.82, 2.24) is 14.6 Å². The molecule has 0 N–H and O–H groups in total. The van der Waals surface area contributed by atoms with Gasteiger partial charge in [0.15, 0.2) is 5.65 Å². The van der Waals surface area contributed by atoms with Crippen molar-refractivity contribution >= 4 is 5.65 Å². The van der Waals surface area contributed by atoms with Gasteiger partial charge in [0.2, 0.25) is 0 Å².